The highest BCUT2D eigenvalue weighted by Gasteiger charge is 2.10. The molecule has 0 bridgehead atoms. The van der Waals surface area contributed by atoms with Gasteiger partial charge in [-0.1, -0.05) is 23.2 Å². The molecule has 0 aliphatic rings. The molecule has 2 aromatic rings. The summed E-state index contributed by atoms with van der Waals surface area (Å²) >= 11 is 11.6. The molecule has 2 heterocycles. The van der Waals surface area contributed by atoms with E-state index in [4.69, 9.17) is 23.2 Å². The van der Waals surface area contributed by atoms with Gasteiger partial charge in [-0.2, -0.15) is 5.10 Å². The van der Waals surface area contributed by atoms with Crippen molar-refractivity contribution in [2.24, 2.45) is 0 Å². The summed E-state index contributed by atoms with van der Waals surface area (Å²) in [6, 6.07) is 3.68. The number of hydrogen-bond acceptors (Lipinski definition) is 2. The van der Waals surface area contributed by atoms with Crippen molar-refractivity contribution in [3.8, 4) is 11.3 Å². The van der Waals surface area contributed by atoms with Crippen LogP contribution in [0.1, 0.15) is 0 Å². The highest BCUT2D eigenvalue weighted by Crippen LogP contribution is 2.30. The van der Waals surface area contributed by atoms with Crippen molar-refractivity contribution in [3.05, 3.63) is 34.7 Å². The number of nitrogens with one attached hydrogen (secondary N) is 1. The van der Waals surface area contributed by atoms with Crippen molar-refractivity contribution >= 4 is 23.2 Å². The third kappa shape index (κ3) is 1.53. The highest BCUT2D eigenvalue weighted by atomic mass is 35.5. The predicted molar refractivity (Wildman–Crippen MR) is 51.8 cm³/mol. The van der Waals surface area contributed by atoms with Gasteiger partial charge in [0.1, 0.15) is 15.9 Å². The summed E-state index contributed by atoms with van der Waals surface area (Å²) < 4.78 is 0. The van der Waals surface area contributed by atoms with E-state index < -0.39 is 0 Å². The third-order valence-corrected chi connectivity index (χ3v) is 2.34. The van der Waals surface area contributed by atoms with Crippen LogP contribution in [0.2, 0.25) is 10.2 Å². The van der Waals surface area contributed by atoms with Gasteiger partial charge in [0.15, 0.2) is 0 Å². The van der Waals surface area contributed by atoms with Crippen LogP contribution in [0.4, 0.5) is 0 Å². The zero-order valence-corrected chi connectivity index (χ0v) is 7.97. The van der Waals surface area contributed by atoms with Crippen molar-refractivity contribution in [2.75, 3.05) is 0 Å². The van der Waals surface area contributed by atoms with Crippen LogP contribution in [-0.4, -0.2) is 15.2 Å². The number of pyridine rings is 1. The first-order valence-corrected chi connectivity index (χ1v) is 4.34. The van der Waals surface area contributed by atoms with E-state index in [-0.39, 0.29) is 0 Å². The van der Waals surface area contributed by atoms with Crippen molar-refractivity contribution in [1.82, 2.24) is 15.2 Å². The summed E-state index contributed by atoms with van der Waals surface area (Å²) in [5, 5.41) is 7.32. The van der Waals surface area contributed by atoms with Crippen molar-refractivity contribution in [2.45, 2.75) is 0 Å². The van der Waals surface area contributed by atoms with Gasteiger partial charge < -0.3 is 0 Å². The molecule has 0 saturated carbocycles. The first kappa shape index (κ1) is 8.53. The summed E-state index contributed by atoms with van der Waals surface area (Å²) in [4.78, 5) is 3.96. The molecule has 0 aliphatic carbocycles. The van der Waals surface area contributed by atoms with E-state index in [0.717, 1.165) is 5.56 Å². The number of aromatic nitrogens is 3. The van der Waals surface area contributed by atoms with Crippen LogP contribution >= 0.6 is 23.2 Å². The Kier molecular flexibility index (Phi) is 2.20. The quantitative estimate of drug-likeness (QED) is 0.792. The van der Waals surface area contributed by atoms with E-state index in [0.29, 0.717) is 15.9 Å². The van der Waals surface area contributed by atoms with E-state index >= 15 is 0 Å². The zero-order valence-electron chi connectivity index (χ0n) is 6.46. The molecule has 0 unspecified atom stereocenters. The Bertz CT molecular complexity index is 411. The van der Waals surface area contributed by atoms with Gasteiger partial charge in [0.2, 0.25) is 0 Å². The average Bonchev–Trinajstić information content (AvgIpc) is 2.49. The van der Waals surface area contributed by atoms with Crippen molar-refractivity contribution < 1.29 is 0 Å². The molecular formula is C8H5Cl2N3. The lowest BCUT2D eigenvalue weighted by Crippen LogP contribution is -1.79. The average molecular weight is 214 g/mol. The Morgan fingerprint density at radius 3 is 2.69 bits per heavy atom. The molecule has 2 aromatic heterocycles. The van der Waals surface area contributed by atoms with Gasteiger partial charge in [-0.3, -0.25) is 10.1 Å². The molecular weight excluding hydrogens is 209 g/mol. The van der Waals surface area contributed by atoms with Gasteiger partial charge in [-0.05, 0) is 12.1 Å². The second-order valence-corrected chi connectivity index (χ2v) is 3.20. The maximum absolute atomic E-state index is 5.89. The van der Waals surface area contributed by atoms with Gasteiger partial charge in [-0.15, -0.1) is 0 Å². The Hall–Kier alpha value is -1.06. The van der Waals surface area contributed by atoms with Crippen molar-refractivity contribution in [1.29, 1.82) is 0 Å². The monoisotopic (exact) mass is 213 g/mol. The van der Waals surface area contributed by atoms with Crippen LogP contribution in [-0.2, 0) is 0 Å². The van der Waals surface area contributed by atoms with E-state index in [1.165, 1.54) is 0 Å². The first-order valence-electron chi connectivity index (χ1n) is 3.59. The molecule has 2 rings (SSSR count). The van der Waals surface area contributed by atoms with Crippen LogP contribution in [0.5, 0.6) is 0 Å². The number of nitrogens with zero attached hydrogens (tertiary/aromatic N) is 2. The van der Waals surface area contributed by atoms with E-state index in [2.05, 4.69) is 15.2 Å². The van der Waals surface area contributed by atoms with Crippen LogP contribution in [0.3, 0.4) is 0 Å². The van der Waals surface area contributed by atoms with Crippen LogP contribution in [0.15, 0.2) is 24.5 Å². The van der Waals surface area contributed by atoms with Gasteiger partial charge in [0.25, 0.3) is 0 Å². The minimum atomic E-state index is 0.348. The smallest absolute Gasteiger partial charge is 0.143 e. The summed E-state index contributed by atoms with van der Waals surface area (Å²) in [5.74, 6) is 0. The van der Waals surface area contributed by atoms with Crippen molar-refractivity contribution in [3.63, 3.8) is 0 Å². The van der Waals surface area contributed by atoms with E-state index in [1.807, 2.05) is 12.1 Å². The Balaban J connectivity index is 2.53. The number of aromatic amines is 1. The molecule has 66 valence electrons. The molecule has 0 amide bonds. The molecule has 0 saturated heterocycles. The zero-order chi connectivity index (χ0) is 9.26. The lowest BCUT2D eigenvalue weighted by Gasteiger charge is -1.94. The molecule has 0 aliphatic heterocycles. The molecule has 13 heavy (non-hydrogen) atoms. The van der Waals surface area contributed by atoms with Gasteiger partial charge in [-0.25, -0.2) is 0 Å². The number of halogens is 2. The fourth-order valence-corrected chi connectivity index (χ4v) is 1.33. The molecule has 3 nitrogen and oxygen atoms in total. The van der Waals surface area contributed by atoms with Crippen LogP contribution in [0.25, 0.3) is 11.3 Å². The Morgan fingerprint density at radius 1 is 1.31 bits per heavy atom. The summed E-state index contributed by atoms with van der Waals surface area (Å²) in [5.41, 5.74) is 1.47. The van der Waals surface area contributed by atoms with Crippen LogP contribution in [0, 0.1) is 0 Å². The van der Waals surface area contributed by atoms with E-state index in [1.54, 1.807) is 12.4 Å². The highest BCUT2D eigenvalue weighted by molar-refractivity contribution is 6.42. The topological polar surface area (TPSA) is 41.6 Å². The number of hydrogen-bond donors (Lipinski definition) is 1. The summed E-state index contributed by atoms with van der Waals surface area (Å²) in [6.07, 6.45) is 3.37. The molecule has 0 fully saturated rings. The third-order valence-electron chi connectivity index (χ3n) is 1.60. The van der Waals surface area contributed by atoms with Gasteiger partial charge in [0, 0.05) is 18.0 Å². The minimum absolute atomic E-state index is 0.348. The largest absolute Gasteiger partial charge is 0.265 e. The summed E-state index contributed by atoms with van der Waals surface area (Å²) in [7, 11) is 0. The molecule has 0 spiro atoms. The summed E-state index contributed by atoms with van der Waals surface area (Å²) in [6.45, 7) is 0. The molecule has 0 aromatic carbocycles. The molecule has 0 radical (unpaired) electrons. The van der Waals surface area contributed by atoms with Gasteiger partial charge in [0.05, 0.1) is 0 Å². The standard InChI is InChI=1S/C8H5Cl2N3/c9-6-7(12-13-8(6)10)5-2-1-3-11-4-5/h1-4H,(H,12,13). The lowest BCUT2D eigenvalue weighted by molar-refractivity contribution is 1.09. The second-order valence-electron chi connectivity index (χ2n) is 2.44. The fraction of sp³-hybridized carbons (Fsp3) is 0. The molecule has 5 heteroatoms. The first-order chi connectivity index (χ1) is 6.29. The predicted octanol–water partition coefficient (Wildman–Crippen LogP) is 2.78. The fourth-order valence-electron chi connectivity index (χ4n) is 1.00. The maximum Gasteiger partial charge on any atom is 0.143 e. The SMILES string of the molecule is Clc1[nH]nc(-c2cccnc2)c1Cl. The Morgan fingerprint density at radius 2 is 2.15 bits per heavy atom. The second kappa shape index (κ2) is 3.36. The van der Waals surface area contributed by atoms with Gasteiger partial charge >= 0.3 is 0 Å². The van der Waals surface area contributed by atoms with E-state index in [9.17, 15) is 0 Å². The molecule has 0 atom stereocenters. The Labute approximate surface area is 84.7 Å². The normalized spacial score (nSPS) is 10.3. The minimum Gasteiger partial charge on any atom is -0.265 e. The lowest BCUT2D eigenvalue weighted by atomic mass is 10.2. The maximum atomic E-state index is 5.89. The number of H-pyrrole nitrogens is 1. The number of rotatable bonds is 1. The molecule has 1 N–H and O–H groups in total. The van der Waals surface area contributed by atoms with Crippen LogP contribution < -0.4 is 0 Å².